The Morgan fingerprint density at radius 2 is 1.12 bits per heavy atom. The van der Waals surface area contributed by atoms with Crippen LogP contribution in [-0.2, 0) is 9.47 Å². The Labute approximate surface area is 101 Å². The predicted octanol–water partition coefficient (Wildman–Crippen LogP) is 3.24. The van der Waals surface area contributed by atoms with Crippen molar-refractivity contribution >= 4 is 0 Å². The Balaban J connectivity index is 4.09. The number of ether oxygens (including phenoxy) is 2. The average Bonchev–Trinajstić information content (AvgIpc) is 1.98. The lowest BCUT2D eigenvalue weighted by molar-refractivity contribution is -0.134. The lowest BCUT2D eigenvalue weighted by Gasteiger charge is -2.32. The van der Waals surface area contributed by atoms with E-state index in [1.165, 1.54) is 0 Å². The van der Waals surface area contributed by atoms with Crippen LogP contribution in [0.25, 0.3) is 0 Å². The second-order valence-corrected chi connectivity index (χ2v) is 6.45. The summed E-state index contributed by atoms with van der Waals surface area (Å²) >= 11 is 0. The summed E-state index contributed by atoms with van der Waals surface area (Å²) in [7, 11) is 0. The van der Waals surface area contributed by atoms with E-state index in [1.807, 2.05) is 0 Å². The summed E-state index contributed by atoms with van der Waals surface area (Å²) in [6.07, 6.45) is 0. The van der Waals surface area contributed by atoms with Crippen molar-refractivity contribution in [3.63, 3.8) is 0 Å². The molecule has 0 aliphatic heterocycles. The van der Waals surface area contributed by atoms with Gasteiger partial charge in [-0.25, -0.2) is 0 Å². The highest BCUT2D eigenvalue weighted by Crippen LogP contribution is 2.12. The quantitative estimate of drug-likeness (QED) is 0.678. The van der Waals surface area contributed by atoms with Crippen LogP contribution >= 0.6 is 0 Å². The Morgan fingerprint density at radius 3 is 1.31 bits per heavy atom. The Bertz CT molecular complexity index is 171. The topological polar surface area (TPSA) is 21.7 Å². The smallest absolute Gasteiger partial charge is 0.102 e. The third-order valence-corrected chi connectivity index (χ3v) is 2.06. The normalized spacial score (nSPS) is 13.9. The van der Waals surface area contributed by atoms with Crippen molar-refractivity contribution in [3.8, 4) is 0 Å². The first-order chi connectivity index (χ1) is 7.01. The zero-order chi connectivity index (χ0) is 13.0. The van der Waals surface area contributed by atoms with Gasteiger partial charge in [-0.05, 0) is 55.4 Å². The van der Waals surface area contributed by atoms with Crippen LogP contribution in [0.1, 0.15) is 55.4 Å². The maximum absolute atomic E-state index is 5.76. The molecule has 0 amide bonds. The average molecular weight is 231 g/mol. The molecule has 0 heterocycles. The summed E-state index contributed by atoms with van der Waals surface area (Å²) in [5, 5.41) is 0. The number of rotatable bonds is 5. The first-order valence-corrected chi connectivity index (χ1v) is 6.03. The minimum Gasteiger partial charge on any atom is -0.360 e. The molecule has 0 fully saturated rings. The van der Waals surface area contributed by atoms with Crippen molar-refractivity contribution < 1.29 is 9.47 Å². The van der Waals surface area contributed by atoms with Crippen LogP contribution in [0.3, 0.4) is 0 Å². The van der Waals surface area contributed by atoms with Crippen molar-refractivity contribution in [2.75, 3.05) is 13.5 Å². The molecule has 0 aromatic heterocycles. The largest absolute Gasteiger partial charge is 0.360 e. The van der Waals surface area contributed by atoms with E-state index in [-0.39, 0.29) is 11.2 Å². The van der Waals surface area contributed by atoms with Gasteiger partial charge in [0.1, 0.15) is 13.5 Å². The van der Waals surface area contributed by atoms with Crippen LogP contribution in [-0.4, -0.2) is 35.6 Å². The summed E-state index contributed by atoms with van der Waals surface area (Å²) in [5.74, 6) is 0. The maximum Gasteiger partial charge on any atom is 0.102 e. The van der Waals surface area contributed by atoms with Crippen molar-refractivity contribution in [2.24, 2.45) is 0 Å². The lowest BCUT2D eigenvalue weighted by Crippen LogP contribution is -2.40. The van der Waals surface area contributed by atoms with Gasteiger partial charge >= 0.3 is 0 Å². The van der Waals surface area contributed by atoms with Crippen LogP contribution in [0.5, 0.6) is 0 Å². The van der Waals surface area contributed by atoms with Gasteiger partial charge in [0.05, 0.1) is 11.2 Å². The molecule has 0 aromatic carbocycles. The molecule has 3 nitrogen and oxygen atoms in total. The molecule has 0 atom stereocenters. The lowest BCUT2D eigenvalue weighted by atomic mass is 10.2. The third-order valence-electron chi connectivity index (χ3n) is 2.06. The molecule has 0 saturated heterocycles. The maximum atomic E-state index is 5.76. The standard InChI is InChI=1S/C13H29NO2/c1-11(2)14(9-15-12(3,4)5)10-16-13(6,7)8/h11H,9-10H2,1-8H3. The van der Waals surface area contributed by atoms with Gasteiger partial charge in [0.15, 0.2) is 0 Å². The molecule has 16 heavy (non-hydrogen) atoms. The number of nitrogens with zero attached hydrogens (tertiary/aromatic N) is 1. The molecule has 3 heteroatoms. The zero-order valence-electron chi connectivity index (χ0n) is 12.3. The van der Waals surface area contributed by atoms with Crippen LogP contribution in [0, 0.1) is 0 Å². The van der Waals surface area contributed by atoms with E-state index in [4.69, 9.17) is 9.47 Å². The van der Waals surface area contributed by atoms with Crippen LogP contribution in [0.15, 0.2) is 0 Å². The molecule has 0 saturated carbocycles. The van der Waals surface area contributed by atoms with E-state index in [2.05, 4.69) is 60.3 Å². The monoisotopic (exact) mass is 231 g/mol. The minimum atomic E-state index is -0.102. The van der Waals surface area contributed by atoms with Gasteiger partial charge in [-0.15, -0.1) is 0 Å². The van der Waals surface area contributed by atoms with Gasteiger partial charge in [-0.3, -0.25) is 4.90 Å². The Hall–Kier alpha value is -0.120. The van der Waals surface area contributed by atoms with E-state index in [0.717, 1.165) is 0 Å². The first-order valence-electron chi connectivity index (χ1n) is 6.03. The molecule has 0 unspecified atom stereocenters. The zero-order valence-corrected chi connectivity index (χ0v) is 12.3. The third kappa shape index (κ3) is 9.13. The fourth-order valence-electron chi connectivity index (χ4n) is 0.889. The highest BCUT2D eigenvalue weighted by molar-refractivity contribution is 4.63. The van der Waals surface area contributed by atoms with Gasteiger partial charge in [0.25, 0.3) is 0 Å². The molecule has 0 rings (SSSR count). The Morgan fingerprint density at radius 1 is 0.812 bits per heavy atom. The predicted molar refractivity (Wildman–Crippen MR) is 68.4 cm³/mol. The fraction of sp³-hybridized carbons (Fsp3) is 1.00. The molecule has 0 aromatic rings. The second-order valence-electron chi connectivity index (χ2n) is 6.45. The molecule has 0 spiro atoms. The van der Waals surface area contributed by atoms with E-state index in [1.54, 1.807) is 0 Å². The highest BCUT2D eigenvalue weighted by atomic mass is 16.5. The number of hydrogen-bond acceptors (Lipinski definition) is 3. The molecule has 0 bridgehead atoms. The summed E-state index contributed by atoms with van der Waals surface area (Å²) in [5.41, 5.74) is -0.205. The molecule has 0 aliphatic carbocycles. The molecular weight excluding hydrogens is 202 g/mol. The fourth-order valence-corrected chi connectivity index (χ4v) is 0.889. The summed E-state index contributed by atoms with van der Waals surface area (Å²) in [6.45, 7) is 17.9. The SMILES string of the molecule is CC(C)N(COC(C)(C)C)COC(C)(C)C. The van der Waals surface area contributed by atoms with Crippen molar-refractivity contribution in [2.45, 2.75) is 72.6 Å². The van der Waals surface area contributed by atoms with Crippen molar-refractivity contribution in [1.82, 2.24) is 4.90 Å². The highest BCUT2D eigenvalue weighted by Gasteiger charge is 2.18. The number of hydrogen-bond donors (Lipinski definition) is 0. The van der Waals surface area contributed by atoms with Crippen molar-refractivity contribution in [1.29, 1.82) is 0 Å². The molecule has 0 aliphatic rings. The molecule has 0 N–H and O–H groups in total. The van der Waals surface area contributed by atoms with Gasteiger partial charge in [0.2, 0.25) is 0 Å². The first kappa shape index (κ1) is 15.9. The van der Waals surface area contributed by atoms with Gasteiger partial charge in [0, 0.05) is 6.04 Å². The van der Waals surface area contributed by atoms with Crippen LogP contribution < -0.4 is 0 Å². The Kier molecular flexibility index (Phi) is 5.94. The van der Waals surface area contributed by atoms with E-state index >= 15 is 0 Å². The van der Waals surface area contributed by atoms with Crippen molar-refractivity contribution in [3.05, 3.63) is 0 Å². The van der Waals surface area contributed by atoms with Gasteiger partial charge < -0.3 is 9.47 Å². The molecule has 98 valence electrons. The molecular formula is C13H29NO2. The van der Waals surface area contributed by atoms with Crippen LogP contribution in [0.4, 0.5) is 0 Å². The second kappa shape index (κ2) is 5.99. The van der Waals surface area contributed by atoms with Crippen LogP contribution in [0.2, 0.25) is 0 Å². The van der Waals surface area contributed by atoms with E-state index < -0.39 is 0 Å². The summed E-state index contributed by atoms with van der Waals surface area (Å²) in [6, 6.07) is 0.421. The molecule has 0 radical (unpaired) electrons. The van der Waals surface area contributed by atoms with E-state index in [0.29, 0.717) is 19.5 Å². The minimum absolute atomic E-state index is 0.102. The van der Waals surface area contributed by atoms with Gasteiger partial charge in [-0.1, -0.05) is 0 Å². The summed E-state index contributed by atoms with van der Waals surface area (Å²) in [4.78, 5) is 2.18. The van der Waals surface area contributed by atoms with Gasteiger partial charge in [-0.2, -0.15) is 0 Å². The summed E-state index contributed by atoms with van der Waals surface area (Å²) < 4.78 is 11.5. The van der Waals surface area contributed by atoms with E-state index in [9.17, 15) is 0 Å².